The minimum Gasteiger partial charge on any atom is -0.463 e. The average Bonchev–Trinajstić information content (AvgIpc) is 3.36. The van der Waals surface area contributed by atoms with Crippen LogP contribution in [0, 0.1) is 11.8 Å². The van der Waals surface area contributed by atoms with E-state index in [0.717, 1.165) is 0 Å². The van der Waals surface area contributed by atoms with Gasteiger partial charge in [0.05, 0.1) is 25.0 Å². The second-order valence-corrected chi connectivity index (χ2v) is 5.33. The molecule has 2 heterocycles. The van der Waals surface area contributed by atoms with Crippen molar-refractivity contribution < 1.29 is 28.5 Å². The van der Waals surface area contributed by atoms with Crippen LogP contribution in [0.25, 0.3) is 0 Å². The standard InChI is InChI=1S/C14H18O6/c15-13(19-7-9-5-17-9)11-3-1-2-4-12(11)14(16)20-8-10-6-18-10/h1-2,9-12H,3-8H2/t9-,10-,11-,12-/m1/s1. The number of esters is 2. The first-order chi connectivity index (χ1) is 9.74. The number of ether oxygens (including phenoxy) is 4. The fourth-order valence-corrected chi connectivity index (χ4v) is 2.23. The zero-order valence-electron chi connectivity index (χ0n) is 11.2. The fraction of sp³-hybridized carbons (Fsp3) is 0.714. The van der Waals surface area contributed by atoms with Crippen molar-refractivity contribution in [3.8, 4) is 0 Å². The number of hydrogen-bond acceptors (Lipinski definition) is 6. The molecule has 0 unspecified atom stereocenters. The summed E-state index contributed by atoms with van der Waals surface area (Å²) >= 11 is 0. The fourth-order valence-electron chi connectivity index (χ4n) is 2.23. The van der Waals surface area contributed by atoms with E-state index in [2.05, 4.69) is 0 Å². The molecule has 0 saturated carbocycles. The molecule has 4 atom stereocenters. The van der Waals surface area contributed by atoms with Crippen molar-refractivity contribution in [3.63, 3.8) is 0 Å². The molecule has 0 aromatic rings. The Morgan fingerprint density at radius 1 is 0.900 bits per heavy atom. The van der Waals surface area contributed by atoms with E-state index in [1.54, 1.807) is 0 Å². The van der Waals surface area contributed by atoms with Crippen LogP contribution in [-0.4, -0.2) is 50.6 Å². The minimum absolute atomic E-state index is 0.0375. The molecule has 6 heteroatoms. The maximum absolute atomic E-state index is 12.1. The van der Waals surface area contributed by atoms with Gasteiger partial charge in [0.25, 0.3) is 0 Å². The Bertz CT molecular complexity index is 372. The second-order valence-electron chi connectivity index (χ2n) is 5.33. The van der Waals surface area contributed by atoms with Crippen molar-refractivity contribution in [2.45, 2.75) is 25.0 Å². The molecular formula is C14H18O6. The van der Waals surface area contributed by atoms with Crippen molar-refractivity contribution in [2.24, 2.45) is 11.8 Å². The quantitative estimate of drug-likeness (QED) is 0.400. The molecule has 2 saturated heterocycles. The summed E-state index contributed by atoms with van der Waals surface area (Å²) in [6.07, 6.45) is 4.93. The number of hydrogen-bond donors (Lipinski definition) is 0. The number of epoxide rings is 2. The third-order valence-corrected chi connectivity index (χ3v) is 3.67. The Morgan fingerprint density at radius 3 is 1.65 bits per heavy atom. The molecule has 0 spiro atoms. The molecule has 110 valence electrons. The molecule has 0 aromatic carbocycles. The topological polar surface area (TPSA) is 77.7 Å². The molecule has 3 aliphatic rings. The first-order valence-electron chi connectivity index (χ1n) is 6.95. The maximum Gasteiger partial charge on any atom is 0.310 e. The average molecular weight is 282 g/mol. The zero-order valence-corrected chi connectivity index (χ0v) is 11.2. The Labute approximate surface area is 117 Å². The Balaban J connectivity index is 1.52. The van der Waals surface area contributed by atoms with Crippen LogP contribution in [0.5, 0.6) is 0 Å². The molecule has 0 N–H and O–H groups in total. The predicted molar refractivity (Wildman–Crippen MR) is 66.8 cm³/mol. The highest BCUT2D eigenvalue weighted by Crippen LogP contribution is 2.28. The van der Waals surface area contributed by atoms with Crippen LogP contribution < -0.4 is 0 Å². The second kappa shape index (κ2) is 5.93. The maximum atomic E-state index is 12.1. The summed E-state index contributed by atoms with van der Waals surface area (Å²) < 4.78 is 20.4. The molecule has 2 fully saturated rings. The van der Waals surface area contributed by atoms with E-state index in [9.17, 15) is 9.59 Å². The summed E-state index contributed by atoms with van der Waals surface area (Å²) in [5, 5.41) is 0. The van der Waals surface area contributed by atoms with Crippen molar-refractivity contribution in [1.29, 1.82) is 0 Å². The number of carbonyl (C=O) groups excluding carboxylic acids is 2. The lowest BCUT2D eigenvalue weighted by Gasteiger charge is -2.25. The lowest BCUT2D eigenvalue weighted by atomic mass is 9.83. The molecule has 0 radical (unpaired) electrons. The highest BCUT2D eigenvalue weighted by atomic mass is 16.6. The Kier molecular flexibility index (Phi) is 4.03. The van der Waals surface area contributed by atoms with E-state index in [1.165, 1.54) is 0 Å². The van der Waals surface area contributed by atoms with Crippen molar-refractivity contribution in [2.75, 3.05) is 26.4 Å². The lowest BCUT2D eigenvalue weighted by Crippen LogP contribution is -2.34. The molecular weight excluding hydrogens is 264 g/mol. The van der Waals surface area contributed by atoms with Gasteiger partial charge in [0.2, 0.25) is 0 Å². The molecule has 1 aliphatic carbocycles. The van der Waals surface area contributed by atoms with Crippen LogP contribution in [0.3, 0.4) is 0 Å². The minimum atomic E-state index is -0.452. The number of carbonyl (C=O) groups is 2. The van der Waals surface area contributed by atoms with Gasteiger partial charge in [-0.25, -0.2) is 0 Å². The Hall–Kier alpha value is -1.40. The molecule has 3 rings (SSSR count). The van der Waals surface area contributed by atoms with Gasteiger partial charge in [-0.1, -0.05) is 12.2 Å². The molecule has 6 nitrogen and oxygen atoms in total. The zero-order chi connectivity index (χ0) is 13.9. The van der Waals surface area contributed by atoms with Crippen LogP contribution in [0.15, 0.2) is 12.2 Å². The van der Waals surface area contributed by atoms with Gasteiger partial charge in [0.15, 0.2) is 0 Å². The molecule has 0 amide bonds. The van der Waals surface area contributed by atoms with Gasteiger partial charge < -0.3 is 18.9 Å². The van der Waals surface area contributed by atoms with Crippen LogP contribution in [-0.2, 0) is 28.5 Å². The summed E-state index contributed by atoms with van der Waals surface area (Å²) in [5.74, 6) is -1.58. The van der Waals surface area contributed by atoms with Crippen LogP contribution in [0.1, 0.15) is 12.8 Å². The number of allylic oxidation sites excluding steroid dienone is 2. The summed E-state index contributed by atoms with van der Waals surface area (Å²) in [7, 11) is 0. The summed E-state index contributed by atoms with van der Waals surface area (Å²) in [6.45, 7) is 1.84. The lowest BCUT2D eigenvalue weighted by molar-refractivity contribution is -0.161. The first-order valence-corrected chi connectivity index (χ1v) is 6.95. The van der Waals surface area contributed by atoms with Gasteiger partial charge >= 0.3 is 11.9 Å². The van der Waals surface area contributed by atoms with Gasteiger partial charge in [-0.05, 0) is 12.8 Å². The third-order valence-electron chi connectivity index (χ3n) is 3.67. The normalized spacial score (nSPS) is 34.4. The highest BCUT2D eigenvalue weighted by molar-refractivity contribution is 5.82. The molecule has 20 heavy (non-hydrogen) atoms. The molecule has 0 aromatic heterocycles. The monoisotopic (exact) mass is 282 g/mol. The predicted octanol–water partition coefficient (Wildman–Crippen LogP) is 0.453. The van der Waals surface area contributed by atoms with Crippen molar-refractivity contribution >= 4 is 11.9 Å². The van der Waals surface area contributed by atoms with Crippen LogP contribution in [0.2, 0.25) is 0 Å². The van der Waals surface area contributed by atoms with Crippen LogP contribution in [0.4, 0.5) is 0 Å². The van der Waals surface area contributed by atoms with Gasteiger partial charge in [0, 0.05) is 0 Å². The van der Waals surface area contributed by atoms with E-state index in [0.29, 0.717) is 26.1 Å². The van der Waals surface area contributed by atoms with Crippen molar-refractivity contribution in [1.82, 2.24) is 0 Å². The van der Waals surface area contributed by atoms with Gasteiger partial charge in [-0.2, -0.15) is 0 Å². The van der Waals surface area contributed by atoms with Gasteiger partial charge in [-0.3, -0.25) is 9.59 Å². The smallest absolute Gasteiger partial charge is 0.310 e. The van der Waals surface area contributed by atoms with Gasteiger partial charge in [0.1, 0.15) is 25.4 Å². The van der Waals surface area contributed by atoms with E-state index in [4.69, 9.17) is 18.9 Å². The largest absolute Gasteiger partial charge is 0.463 e. The summed E-state index contributed by atoms with van der Waals surface area (Å²) in [4.78, 5) is 24.1. The van der Waals surface area contributed by atoms with E-state index in [-0.39, 0.29) is 37.4 Å². The van der Waals surface area contributed by atoms with E-state index in [1.807, 2.05) is 12.2 Å². The molecule has 2 aliphatic heterocycles. The van der Waals surface area contributed by atoms with Gasteiger partial charge in [-0.15, -0.1) is 0 Å². The first kappa shape index (κ1) is 13.6. The summed E-state index contributed by atoms with van der Waals surface area (Å²) in [6, 6.07) is 0. The van der Waals surface area contributed by atoms with Crippen molar-refractivity contribution in [3.05, 3.63) is 12.2 Å². The summed E-state index contributed by atoms with van der Waals surface area (Å²) in [5.41, 5.74) is 0. The van der Waals surface area contributed by atoms with E-state index >= 15 is 0 Å². The number of rotatable bonds is 6. The highest BCUT2D eigenvalue weighted by Gasteiger charge is 2.38. The van der Waals surface area contributed by atoms with Crippen LogP contribution >= 0.6 is 0 Å². The third kappa shape index (κ3) is 3.58. The molecule has 0 bridgehead atoms. The Morgan fingerprint density at radius 2 is 1.30 bits per heavy atom. The van der Waals surface area contributed by atoms with E-state index < -0.39 is 11.8 Å². The SMILES string of the molecule is O=C(OC[C@H]1CO1)[C@@H]1CC=CC[C@H]1C(=O)OC[C@H]1CO1.